The minimum absolute atomic E-state index is 0.0599. The van der Waals surface area contributed by atoms with E-state index in [9.17, 15) is 18.0 Å². The molecule has 7 nitrogen and oxygen atoms in total. The summed E-state index contributed by atoms with van der Waals surface area (Å²) in [4.78, 5) is 12.3. The Kier molecular flexibility index (Phi) is 5.90. The summed E-state index contributed by atoms with van der Waals surface area (Å²) < 4.78 is 46.7. The first-order chi connectivity index (χ1) is 13.8. The van der Waals surface area contributed by atoms with Crippen molar-refractivity contribution in [3.63, 3.8) is 0 Å². The molecule has 2 aromatic heterocycles. The van der Waals surface area contributed by atoms with E-state index in [1.54, 1.807) is 4.68 Å². The Labute approximate surface area is 165 Å². The van der Waals surface area contributed by atoms with Crippen LogP contribution < -0.4 is 10.1 Å². The van der Waals surface area contributed by atoms with E-state index in [-0.39, 0.29) is 24.1 Å². The van der Waals surface area contributed by atoms with Gasteiger partial charge < -0.3 is 10.1 Å². The van der Waals surface area contributed by atoms with E-state index in [4.69, 9.17) is 4.74 Å². The number of ether oxygens (including phenoxy) is 1. The molecule has 0 atom stereocenters. The summed E-state index contributed by atoms with van der Waals surface area (Å²) in [5.41, 5.74) is 1.13. The molecular formula is C19H20F3N5O2. The number of nitrogens with one attached hydrogen (secondary N) is 1. The van der Waals surface area contributed by atoms with E-state index >= 15 is 0 Å². The van der Waals surface area contributed by atoms with Crippen molar-refractivity contribution in [2.75, 3.05) is 0 Å². The van der Waals surface area contributed by atoms with Gasteiger partial charge in [0.25, 0.3) is 5.91 Å². The molecule has 0 fully saturated rings. The Bertz CT molecular complexity index is 994. The Morgan fingerprint density at radius 1 is 1.21 bits per heavy atom. The van der Waals surface area contributed by atoms with Crippen molar-refractivity contribution in [1.29, 1.82) is 0 Å². The number of amides is 1. The maximum atomic E-state index is 12.7. The molecule has 0 saturated carbocycles. The molecule has 0 saturated heterocycles. The van der Waals surface area contributed by atoms with Crippen LogP contribution in [0.5, 0.6) is 5.75 Å². The van der Waals surface area contributed by atoms with E-state index in [0.717, 1.165) is 29.9 Å². The number of nitrogens with zero attached hydrogens (tertiary/aromatic N) is 4. The maximum Gasteiger partial charge on any atom is 0.416 e. The number of carbonyl (C=O) groups excluding carboxylic acids is 1. The van der Waals surface area contributed by atoms with E-state index in [0.29, 0.717) is 6.54 Å². The van der Waals surface area contributed by atoms with Gasteiger partial charge in [0.2, 0.25) is 0 Å². The Balaban J connectivity index is 1.56. The predicted octanol–water partition coefficient (Wildman–Crippen LogP) is 3.39. The zero-order chi connectivity index (χ0) is 21.0. The van der Waals surface area contributed by atoms with Gasteiger partial charge in [-0.15, -0.1) is 0 Å². The smallest absolute Gasteiger partial charge is 0.416 e. The van der Waals surface area contributed by atoms with Crippen LogP contribution in [0, 0.1) is 6.92 Å². The highest BCUT2D eigenvalue weighted by atomic mass is 19.4. The van der Waals surface area contributed by atoms with Crippen LogP contribution in [-0.4, -0.2) is 25.5 Å². The number of hydrogen-bond acceptors (Lipinski definition) is 4. The normalized spacial score (nSPS) is 11.5. The molecule has 3 rings (SSSR count). The highest BCUT2D eigenvalue weighted by Crippen LogP contribution is 2.31. The standard InChI is InChI=1S/C19H20F3N5O2/c1-3-26-11-14(13(2)24-26)10-23-18(28)17-7-8-27(25-17)12-29-16-6-4-5-15(9-16)19(20,21)22/h4-9,11H,3,10,12H2,1-2H3,(H,23,28). The Morgan fingerprint density at radius 2 is 2.00 bits per heavy atom. The quantitative estimate of drug-likeness (QED) is 0.652. The second-order valence-electron chi connectivity index (χ2n) is 6.32. The van der Waals surface area contributed by atoms with E-state index in [1.165, 1.54) is 29.1 Å². The SMILES string of the molecule is CCn1cc(CNC(=O)c2ccn(COc3cccc(C(F)(F)F)c3)n2)c(C)n1. The topological polar surface area (TPSA) is 74.0 Å². The van der Waals surface area contributed by atoms with E-state index in [1.807, 2.05) is 20.0 Å². The predicted molar refractivity (Wildman–Crippen MR) is 98.1 cm³/mol. The maximum absolute atomic E-state index is 12.7. The van der Waals surface area contributed by atoms with Gasteiger partial charge >= 0.3 is 6.18 Å². The molecule has 0 aliphatic carbocycles. The molecule has 0 bridgehead atoms. The molecule has 29 heavy (non-hydrogen) atoms. The monoisotopic (exact) mass is 407 g/mol. The van der Waals surface area contributed by atoms with Crippen molar-refractivity contribution in [2.24, 2.45) is 0 Å². The zero-order valence-electron chi connectivity index (χ0n) is 15.9. The van der Waals surface area contributed by atoms with Crippen LogP contribution in [-0.2, 0) is 26.0 Å². The molecular weight excluding hydrogens is 387 g/mol. The molecule has 3 aromatic rings. The molecule has 0 radical (unpaired) electrons. The third kappa shape index (κ3) is 5.15. The molecule has 10 heteroatoms. The van der Waals surface area contributed by atoms with Crippen LogP contribution in [0.1, 0.15) is 34.2 Å². The molecule has 2 heterocycles. The van der Waals surface area contributed by atoms with Crippen LogP contribution in [0.2, 0.25) is 0 Å². The average molecular weight is 407 g/mol. The van der Waals surface area contributed by atoms with E-state index < -0.39 is 11.7 Å². The van der Waals surface area contributed by atoms with Gasteiger partial charge in [0.15, 0.2) is 6.73 Å². The minimum atomic E-state index is -4.44. The van der Waals surface area contributed by atoms with Crippen molar-refractivity contribution >= 4 is 5.91 Å². The van der Waals surface area contributed by atoms with Gasteiger partial charge in [0, 0.05) is 31.0 Å². The van der Waals surface area contributed by atoms with Crippen LogP contribution in [0.25, 0.3) is 0 Å². The van der Waals surface area contributed by atoms with Crippen LogP contribution >= 0.6 is 0 Å². The van der Waals surface area contributed by atoms with Crippen molar-refractivity contribution in [2.45, 2.75) is 39.8 Å². The second kappa shape index (κ2) is 8.38. The van der Waals surface area contributed by atoms with E-state index in [2.05, 4.69) is 15.5 Å². The van der Waals surface area contributed by atoms with Gasteiger partial charge in [0.05, 0.1) is 11.3 Å². The summed E-state index contributed by atoms with van der Waals surface area (Å²) in [6.45, 7) is 4.77. The van der Waals surface area contributed by atoms with Gasteiger partial charge in [-0.2, -0.15) is 23.4 Å². The first kappa shape index (κ1) is 20.4. The summed E-state index contributed by atoms with van der Waals surface area (Å²) in [7, 11) is 0. The van der Waals surface area contributed by atoms with Crippen molar-refractivity contribution in [1.82, 2.24) is 24.9 Å². The fraction of sp³-hybridized carbons (Fsp3) is 0.316. The minimum Gasteiger partial charge on any atom is -0.471 e. The number of alkyl halides is 3. The number of hydrogen-bond donors (Lipinski definition) is 1. The van der Waals surface area contributed by atoms with Crippen LogP contribution in [0.15, 0.2) is 42.7 Å². The van der Waals surface area contributed by atoms with Crippen molar-refractivity contribution < 1.29 is 22.7 Å². The number of aromatic nitrogens is 4. The summed E-state index contributed by atoms with van der Waals surface area (Å²) in [6.07, 6.45) is -1.05. The summed E-state index contributed by atoms with van der Waals surface area (Å²) in [6, 6.07) is 6.08. The second-order valence-corrected chi connectivity index (χ2v) is 6.32. The number of benzene rings is 1. The fourth-order valence-corrected chi connectivity index (χ4v) is 2.62. The average Bonchev–Trinajstić information content (AvgIpc) is 3.30. The highest BCUT2D eigenvalue weighted by molar-refractivity contribution is 5.92. The molecule has 154 valence electrons. The first-order valence-corrected chi connectivity index (χ1v) is 8.91. The molecule has 0 aliphatic rings. The molecule has 0 aliphatic heterocycles. The van der Waals surface area contributed by atoms with Crippen molar-refractivity contribution in [3.05, 3.63) is 65.2 Å². The molecule has 1 aromatic carbocycles. The van der Waals surface area contributed by atoms with Gasteiger partial charge in [-0.3, -0.25) is 9.48 Å². The molecule has 0 spiro atoms. The lowest BCUT2D eigenvalue weighted by Crippen LogP contribution is -2.23. The van der Waals surface area contributed by atoms with Crippen LogP contribution in [0.4, 0.5) is 13.2 Å². The molecule has 0 unspecified atom stereocenters. The fourth-order valence-electron chi connectivity index (χ4n) is 2.62. The van der Waals surface area contributed by atoms with Gasteiger partial charge in [0.1, 0.15) is 11.4 Å². The lowest BCUT2D eigenvalue weighted by atomic mass is 10.2. The number of aryl methyl sites for hydroxylation is 2. The lowest BCUT2D eigenvalue weighted by molar-refractivity contribution is -0.137. The zero-order valence-corrected chi connectivity index (χ0v) is 15.9. The largest absolute Gasteiger partial charge is 0.471 e. The molecule has 1 N–H and O–H groups in total. The Hall–Kier alpha value is -3.30. The van der Waals surface area contributed by atoms with Crippen molar-refractivity contribution in [3.8, 4) is 5.75 Å². The summed E-state index contributed by atoms with van der Waals surface area (Å²) in [5.74, 6) is -0.309. The van der Waals surface area contributed by atoms with Gasteiger partial charge in [-0.05, 0) is 38.1 Å². The third-order valence-corrected chi connectivity index (χ3v) is 4.21. The van der Waals surface area contributed by atoms with Gasteiger partial charge in [-0.1, -0.05) is 6.07 Å². The summed E-state index contributed by atoms with van der Waals surface area (Å²) in [5, 5.41) is 11.2. The number of carbonyl (C=O) groups is 1. The number of rotatable bonds is 7. The first-order valence-electron chi connectivity index (χ1n) is 8.91. The third-order valence-electron chi connectivity index (χ3n) is 4.21. The Morgan fingerprint density at radius 3 is 2.69 bits per heavy atom. The van der Waals surface area contributed by atoms with Crippen LogP contribution in [0.3, 0.4) is 0 Å². The van der Waals surface area contributed by atoms with Gasteiger partial charge in [-0.25, -0.2) is 4.68 Å². The highest BCUT2D eigenvalue weighted by Gasteiger charge is 2.30. The summed E-state index contributed by atoms with van der Waals surface area (Å²) >= 11 is 0. The lowest BCUT2D eigenvalue weighted by Gasteiger charge is -2.10. The molecule has 1 amide bonds. The number of halogens is 3.